The van der Waals surface area contributed by atoms with Gasteiger partial charge in [-0.15, -0.1) is 0 Å². The van der Waals surface area contributed by atoms with Crippen molar-refractivity contribution in [2.75, 3.05) is 19.0 Å². The number of rotatable bonds is 5. The monoisotopic (exact) mass is 224 g/mol. The maximum atomic E-state index is 5.53. The second-order valence-corrected chi connectivity index (χ2v) is 3.86. The van der Waals surface area contributed by atoms with Crippen molar-refractivity contribution in [2.24, 2.45) is 11.7 Å². The smallest absolute Gasteiger partial charge is 0.141 e. The fourth-order valence-electron chi connectivity index (χ4n) is 1.15. The number of para-hydroxylation sites is 2. The van der Waals surface area contributed by atoms with E-state index in [1.54, 1.807) is 7.11 Å². The third-order valence-corrected chi connectivity index (χ3v) is 2.59. The summed E-state index contributed by atoms with van der Waals surface area (Å²) in [6.45, 7) is 2.71. The molecule has 0 spiro atoms. The maximum Gasteiger partial charge on any atom is 0.141 e. The van der Waals surface area contributed by atoms with Gasteiger partial charge >= 0.3 is 0 Å². The summed E-state index contributed by atoms with van der Waals surface area (Å²) >= 11 is 4.90. The van der Waals surface area contributed by atoms with Crippen LogP contribution in [0.3, 0.4) is 0 Å². The largest absolute Gasteiger partial charge is 0.495 e. The number of benzene rings is 1. The van der Waals surface area contributed by atoms with Crippen molar-refractivity contribution >= 4 is 22.9 Å². The molecule has 3 nitrogen and oxygen atoms in total. The predicted molar refractivity (Wildman–Crippen MR) is 67.4 cm³/mol. The van der Waals surface area contributed by atoms with E-state index >= 15 is 0 Å². The summed E-state index contributed by atoms with van der Waals surface area (Å²) in [6.07, 6.45) is 0. The lowest BCUT2D eigenvalue weighted by atomic mass is 10.2. The molecule has 0 aliphatic carbocycles. The molecule has 0 amide bonds. The lowest BCUT2D eigenvalue weighted by molar-refractivity contribution is 0.416. The molecule has 1 rings (SSSR count). The van der Waals surface area contributed by atoms with E-state index in [4.69, 9.17) is 22.7 Å². The van der Waals surface area contributed by atoms with Gasteiger partial charge in [-0.05, 0) is 12.1 Å². The van der Waals surface area contributed by atoms with Gasteiger partial charge < -0.3 is 15.8 Å². The molecule has 0 radical (unpaired) electrons. The maximum absolute atomic E-state index is 5.53. The zero-order valence-electron chi connectivity index (χ0n) is 8.99. The van der Waals surface area contributed by atoms with Gasteiger partial charge in [-0.25, -0.2) is 0 Å². The van der Waals surface area contributed by atoms with Crippen LogP contribution >= 0.6 is 12.2 Å². The standard InChI is InChI=1S/C11H16N2OS/c1-8(11(12)15)7-13-9-5-3-4-6-10(9)14-2/h3-6,8,13H,7H2,1-2H3,(H2,12,15). The van der Waals surface area contributed by atoms with Crippen LogP contribution in [-0.2, 0) is 0 Å². The number of hydrogen-bond donors (Lipinski definition) is 2. The molecule has 0 heterocycles. The van der Waals surface area contributed by atoms with Gasteiger partial charge in [-0.2, -0.15) is 0 Å². The SMILES string of the molecule is COc1ccccc1NCC(C)C(N)=S. The molecule has 1 atom stereocenters. The first kappa shape index (κ1) is 11.8. The van der Waals surface area contributed by atoms with Crippen molar-refractivity contribution in [3.63, 3.8) is 0 Å². The first-order valence-corrected chi connectivity index (χ1v) is 5.22. The minimum atomic E-state index is 0.171. The molecule has 4 heteroatoms. The molecular formula is C11H16N2OS. The summed E-state index contributed by atoms with van der Waals surface area (Å²) in [6, 6.07) is 7.76. The second-order valence-electron chi connectivity index (χ2n) is 3.38. The van der Waals surface area contributed by atoms with E-state index in [9.17, 15) is 0 Å². The highest BCUT2D eigenvalue weighted by molar-refractivity contribution is 7.80. The van der Waals surface area contributed by atoms with E-state index in [1.165, 1.54) is 0 Å². The Morgan fingerprint density at radius 2 is 2.20 bits per heavy atom. The third kappa shape index (κ3) is 3.40. The lowest BCUT2D eigenvalue weighted by Crippen LogP contribution is -2.25. The topological polar surface area (TPSA) is 47.3 Å². The average Bonchev–Trinajstić information content (AvgIpc) is 2.26. The highest BCUT2D eigenvalue weighted by Crippen LogP contribution is 2.23. The number of anilines is 1. The first-order valence-electron chi connectivity index (χ1n) is 4.81. The van der Waals surface area contributed by atoms with Gasteiger partial charge in [0.15, 0.2) is 0 Å². The van der Waals surface area contributed by atoms with Gasteiger partial charge in [0.1, 0.15) is 5.75 Å². The van der Waals surface area contributed by atoms with E-state index in [0.717, 1.165) is 18.0 Å². The quantitative estimate of drug-likeness (QED) is 0.751. The van der Waals surface area contributed by atoms with Crippen LogP contribution in [0.1, 0.15) is 6.92 Å². The second kappa shape index (κ2) is 5.56. The Morgan fingerprint density at radius 3 is 2.80 bits per heavy atom. The van der Waals surface area contributed by atoms with Crippen molar-refractivity contribution in [1.29, 1.82) is 0 Å². The number of thiocarbonyl (C=S) groups is 1. The van der Waals surface area contributed by atoms with E-state index in [1.807, 2.05) is 31.2 Å². The zero-order valence-corrected chi connectivity index (χ0v) is 9.80. The van der Waals surface area contributed by atoms with Crippen LogP contribution in [0.15, 0.2) is 24.3 Å². The third-order valence-electron chi connectivity index (χ3n) is 2.19. The van der Waals surface area contributed by atoms with Gasteiger partial charge in [0.05, 0.1) is 17.8 Å². The highest BCUT2D eigenvalue weighted by atomic mass is 32.1. The number of hydrogen-bond acceptors (Lipinski definition) is 3. The Labute approximate surface area is 95.6 Å². The molecule has 3 N–H and O–H groups in total. The van der Waals surface area contributed by atoms with Crippen molar-refractivity contribution in [2.45, 2.75) is 6.92 Å². The van der Waals surface area contributed by atoms with Crippen LogP contribution in [0.2, 0.25) is 0 Å². The van der Waals surface area contributed by atoms with Crippen molar-refractivity contribution in [3.8, 4) is 5.75 Å². The molecule has 0 aliphatic rings. The summed E-state index contributed by atoms with van der Waals surface area (Å²) in [5.41, 5.74) is 6.49. The van der Waals surface area contributed by atoms with E-state index in [2.05, 4.69) is 5.32 Å². The molecule has 1 unspecified atom stereocenters. The molecule has 0 saturated carbocycles. The fourth-order valence-corrected chi connectivity index (χ4v) is 1.24. The van der Waals surface area contributed by atoms with Crippen LogP contribution in [0.4, 0.5) is 5.69 Å². The van der Waals surface area contributed by atoms with E-state index in [-0.39, 0.29) is 5.92 Å². The summed E-state index contributed by atoms with van der Waals surface area (Å²) in [7, 11) is 1.65. The molecule has 0 saturated heterocycles. The molecule has 0 aromatic heterocycles. The number of methoxy groups -OCH3 is 1. The van der Waals surface area contributed by atoms with Crippen molar-refractivity contribution in [1.82, 2.24) is 0 Å². The van der Waals surface area contributed by atoms with Crippen molar-refractivity contribution in [3.05, 3.63) is 24.3 Å². The minimum absolute atomic E-state index is 0.171. The molecule has 0 fully saturated rings. The zero-order chi connectivity index (χ0) is 11.3. The van der Waals surface area contributed by atoms with Crippen LogP contribution in [0, 0.1) is 5.92 Å². The Hall–Kier alpha value is -1.29. The molecule has 82 valence electrons. The Balaban J connectivity index is 2.60. The van der Waals surface area contributed by atoms with Crippen LogP contribution < -0.4 is 15.8 Å². The Morgan fingerprint density at radius 1 is 1.53 bits per heavy atom. The van der Waals surface area contributed by atoms with E-state index < -0.39 is 0 Å². The predicted octanol–water partition coefficient (Wildman–Crippen LogP) is 2.03. The number of ether oxygens (including phenoxy) is 1. The molecule has 0 aliphatic heterocycles. The first-order chi connectivity index (χ1) is 7.15. The summed E-state index contributed by atoms with van der Waals surface area (Å²) in [5, 5.41) is 3.25. The number of nitrogens with one attached hydrogen (secondary N) is 1. The Bertz CT molecular complexity index is 341. The highest BCUT2D eigenvalue weighted by Gasteiger charge is 2.06. The number of nitrogens with two attached hydrogens (primary N) is 1. The molecule has 15 heavy (non-hydrogen) atoms. The van der Waals surface area contributed by atoms with Crippen molar-refractivity contribution < 1.29 is 4.74 Å². The Kier molecular flexibility index (Phi) is 4.37. The normalized spacial score (nSPS) is 11.9. The van der Waals surface area contributed by atoms with Gasteiger partial charge in [0.25, 0.3) is 0 Å². The molecule has 1 aromatic carbocycles. The van der Waals surface area contributed by atoms with Crippen LogP contribution in [0.25, 0.3) is 0 Å². The lowest BCUT2D eigenvalue weighted by Gasteiger charge is -2.14. The minimum Gasteiger partial charge on any atom is -0.495 e. The van der Waals surface area contributed by atoms with Gasteiger partial charge in [0.2, 0.25) is 0 Å². The average molecular weight is 224 g/mol. The summed E-state index contributed by atoms with van der Waals surface area (Å²) in [5.74, 6) is 0.998. The molecule has 0 bridgehead atoms. The summed E-state index contributed by atoms with van der Waals surface area (Å²) in [4.78, 5) is 0.525. The molecule has 1 aromatic rings. The van der Waals surface area contributed by atoms with Gasteiger partial charge in [0, 0.05) is 12.5 Å². The van der Waals surface area contributed by atoms with Crippen LogP contribution in [-0.4, -0.2) is 18.6 Å². The fraction of sp³-hybridized carbons (Fsp3) is 0.364. The summed E-state index contributed by atoms with van der Waals surface area (Å²) < 4.78 is 5.21. The van der Waals surface area contributed by atoms with Gasteiger partial charge in [-0.3, -0.25) is 0 Å². The van der Waals surface area contributed by atoms with Gasteiger partial charge in [-0.1, -0.05) is 31.3 Å². The molecular weight excluding hydrogens is 208 g/mol. The van der Waals surface area contributed by atoms with E-state index in [0.29, 0.717) is 4.99 Å². The van der Waals surface area contributed by atoms with Crippen LogP contribution in [0.5, 0.6) is 5.75 Å².